The van der Waals surface area contributed by atoms with Gasteiger partial charge in [-0.15, -0.1) is 12.4 Å². The maximum absolute atomic E-state index is 12.2. The Labute approximate surface area is 155 Å². The summed E-state index contributed by atoms with van der Waals surface area (Å²) in [6, 6.07) is 18.4. The summed E-state index contributed by atoms with van der Waals surface area (Å²) >= 11 is 0. The van der Waals surface area contributed by atoms with Gasteiger partial charge in [-0.25, -0.2) is 0 Å². The molecule has 1 fully saturated rings. The maximum Gasteiger partial charge on any atom is 0.241 e. The lowest BCUT2D eigenvalue weighted by atomic mass is 10.0. The van der Waals surface area contributed by atoms with Gasteiger partial charge in [-0.05, 0) is 56.1 Å². The zero-order chi connectivity index (χ0) is 16.8. The summed E-state index contributed by atoms with van der Waals surface area (Å²) in [5.74, 6) is 0.0630. The van der Waals surface area contributed by atoms with Gasteiger partial charge < -0.3 is 16.0 Å². The Morgan fingerprint density at radius 3 is 2.36 bits per heavy atom. The number of nitrogens with one attached hydrogen (secondary N) is 3. The SMILES string of the molecule is CC(Nc1ccc(NC(=O)C2CCCCN2)cc1)c1ccccc1.Cl. The van der Waals surface area contributed by atoms with Crippen molar-refractivity contribution in [2.75, 3.05) is 17.2 Å². The second-order valence-corrected chi connectivity index (χ2v) is 6.35. The van der Waals surface area contributed by atoms with Crippen LogP contribution in [-0.2, 0) is 4.79 Å². The standard InChI is InChI=1S/C20H25N3O.ClH/c1-15(16-7-3-2-4-8-16)22-17-10-12-18(13-11-17)23-20(24)19-9-5-6-14-21-19;/h2-4,7-8,10-13,15,19,21-22H,5-6,9,14H2,1H3,(H,23,24);1H. The van der Waals surface area contributed by atoms with E-state index in [9.17, 15) is 4.79 Å². The summed E-state index contributed by atoms with van der Waals surface area (Å²) in [5, 5.41) is 9.74. The summed E-state index contributed by atoms with van der Waals surface area (Å²) < 4.78 is 0. The summed E-state index contributed by atoms with van der Waals surface area (Å²) in [6.45, 7) is 3.07. The largest absolute Gasteiger partial charge is 0.379 e. The molecule has 1 amide bonds. The highest BCUT2D eigenvalue weighted by Crippen LogP contribution is 2.21. The van der Waals surface area contributed by atoms with Crippen LogP contribution in [0.5, 0.6) is 0 Å². The van der Waals surface area contributed by atoms with Crippen LogP contribution in [0.4, 0.5) is 11.4 Å². The Kier molecular flexibility index (Phi) is 7.29. The van der Waals surface area contributed by atoms with Crippen molar-refractivity contribution in [3.63, 3.8) is 0 Å². The Morgan fingerprint density at radius 1 is 1.04 bits per heavy atom. The lowest BCUT2D eigenvalue weighted by Gasteiger charge is -2.22. The van der Waals surface area contributed by atoms with E-state index in [1.807, 2.05) is 42.5 Å². The molecule has 2 unspecified atom stereocenters. The number of carbonyl (C=O) groups excluding carboxylic acids is 1. The first kappa shape index (κ1) is 19.3. The van der Waals surface area contributed by atoms with Crippen molar-refractivity contribution in [1.82, 2.24) is 5.32 Å². The second-order valence-electron chi connectivity index (χ2n) is 6.35. The number of rotatable bonds is 5. The molecule has 1 heterocycles. The number of carbonyl (C=O) groups is 1. The minimum absolute atomic E-state index is 0. The number of amides is 1. The molecular formula is C20H26ClN3O. The molecule has 3 N–H and O–H groups in total. The monoisotopic (exact) mass is 359 g/mol. The molecule has 0 aromatic heterocycles. The van der Waals surface area contributed by atoms with Crippen molar-refractivity contribution in [1.29, 1.82) is 0 Å². The molecule has 2 atom stereocenters. The molecule has 0 bridgehead atoms. The van der Waals surface area contributed by atoms with Crippen LogP contribution in [0.1, 0.15) is 37.8 Å². The smallest absolute Gasteiger partial charge is 0.241 e. The highest BCUT2D eigenvalue weighted by Gasteiger charge is 2.20. The van der Waals surface area contributed by atoms with Gasteiger partial charge in [0.2, 0.25) is 5.91 Å². The number of piperidine rings is 1. The first-order valence-corrected chi connectivity index (χ1v) is 8.68. The molecule has 0 radical (unpaired) electrons. The highest BCUT2D eigenvalue weighted by molar-refractivity contribution is 5.95. The van der Waals surface area contributed by atoms with Gasteiger partial charge in [0.1, 0.15) is 0 Å². The van der Waals surface area contributed by atoms with E-state index in [4.69, 9.17) is 0 Å². The van der Waals surface area contributed by atoms with E-state index in [-0.39, 0.29) is 30.4 Å². The van der Waals surface area contributed by atoms with Gasteiger partial charge in [-0.1, -0.05) is 36.8 Å². The number of halogens is 1. The molecule has 0 aliphatic carbocycles. The molecule has 2 aromatic carbocycles. The molecular weight excluding hydrogens is 334 g/mol. The zero-order valence-corrected chi connectivity index (χ0v) is 15.3. The molecule has 2 aromatic rings. The van der Waals surface area contributed by atoms with Gasteiger partial charge in [0.05, 0.1) is 6.04 Å². The zero-order valence-electron chi connectivity index (χ0n) is 14.5. The predicted octanol–water partition coefficient (Wildman–Crippen LogP) is 4.36. The normalized spacial score (nSPS) is 17.9. The summed E-state index contributed by atoms with van der Waals surface area (Å²) in [4.78, 5) is 12.2. The molecule has 1 aliphatic rings. The average molecular weight is 360 g/mol. The molecule has 4 nitrogen and oxygen atoms in total. The number of benzene rings is 2. The van der Waals surface area contributed by atoms with E-state index in [2.05, 4.69) is 35.0 Å². The van der Waals surface area contributed by atoms with Crippen LogP contribution >= 0.6 is 12.4 Å². The van der Waals surface area contributed by atoms with Gasteiger partial charge in [-0.2, -0.15) is 0 Å². The number of anilines is 2. The third kappa shape index (κ3) is 5.48. The first-order chi connectivity index (χ1) is 11.7. The molecule has 1 aliphatic heterocycles. The van der Waals surface area contributed by atoms with E-state index in [1.54, 1.807) is 0 Å². The van der Waals surface area contributed by atoms with Crippen LogP contribution < -0.4 is 16.0 Å². The quantitative estimate of drug-likeness (QED) is 0.743. The molecule has 25 heavy (non-hydrogen) atoms. The van der Waals surface area contributed by atoms with E-state index >= 15 is 0 Å². The van der Waals surface area contributed by atoms with E-state index in [0.29, 0.717) is 0 Å². The third-order valence-corrected chi connectivity index (χ3v) is 4.46. The predicted molar refractivity (Wildman–Crippen MR) is 106 cm³/mol. The van der Waals surface area contributed by atoms with Crippen molar-refractivity contribution in [3.05, 3.63) is 60.2 Å². The average Bonchev–Trinajstić information content (AvgIpc) is 2.65. The van der Waals surface area contributed by atoms with Crippen LogP contribution in [-0.4, -0.2) is 18.5 Å². The van der Waals surface area contributed by atoms with Crippen LogP contribution in [0.3, 0.4) is 0 Å². The lowest BCUT2D eigenvalue weighted by molar-refractivity contribution is -0.118. The van der Waals surface area contributed by atoms with Gasteiger partial charge >= 0.3 is 0 Å². The molecule has 5 heteroatoms. The van der Waals surface area contributed by atoms with Gasteiger partial charge in [0.25, 0.3) is 0 Å². The fourth-order valence-corrected chi connectivity index (χ4v) is 3.03. The Morgan fingerprint density at radius 2 is 1.72 bits per heavy atom. The Balaban J connectivity index is 0.00000225. The lowest BCUT2D eigenvalue weighted by Crippen LogP contribution is -2.43. The summed E-state index contributed by atoms with van der Waals surface area (Å²) in [6.07, 6.45) is 3.19. The molecule has 1 saturated heterocycles. The van der Waals surface area contributed by atoms with Crippen molar-refractivity contribution in [2.24, 2.45) is 0 Å². The topological polar surface area (TPSA) is 53.2 Å². The van der Waals surface area contributed by atoms with Crippen LogP contribution in [0.2, 0.25) is 0 Å². The van der Waals surface area contributed by atoms with Crippen LogP contribution in [0.25, 0.3) is 0 Å². The van der Waals surface area contributed by atoms with E-state index in [1.165, 1.54) is 5.56 Å². The van der Waals surface area contributed by atoms with Crippen molar-refractivity contribution < 1.29 is 4.79 Å². The molecule has 3 rings (SSSR count). The van der Waals surface area contributed by atoms with Crippen molar-refractivity contribution >= 4 is 29.7 Å². The molecule has 134 valence electrons. The Bertz CT molecular complexity index is 654. The first-order valence-electron chi connectivity index (χ1n) is 8.68. The van der Waals surface area contributed by atoms with Crippen LogP contribution in [0.15, 0.2) is 54.6 Å². The minimum atomic E-state index is -0.0605. The second kappa shape index (κ2) is 9.44. The fraction of sp³-hybridized carbons (Fsp3) is 0.350. The fourth-order valence-electron chi connectivity index (χ4n) is 3.03. The summed E-state index contributed by atoms with van der Waals surface area (Å²) in [5.41, 5.74) is 3.13. The minimum Gasteiger partial charge on any atom is -0.379 e. The third-order valence-electron chi connectivity index (χ3n) is 4.46. The van der Waals surface area contributed by atoms with E-state index < -0.39 is 0 Å². The maximum atomic E-state index is 12.2. The Hall–Kier alpha value is -2.04. The van der Waals surface area contributed by atoms with Crippen molar-refractivity contribution in [2.45, 2.75) is 38.3 Å². The number of hydrogen-bond donors (Lipinski definition) is 3. The number of hydrogen-bond acceptors (Lipinski definition) is 3. The highest BCUT2D eigenvalue weighted by atomic mass is 35.5. The molecule has 0 spiro atoms. The summed E-state index contributed by atoms with van der Waals surface area (Å²) in [7, 11) is 0. The van der Waals surface area contributed by atoms with Gasteiger partial charge in [0, 0.05) is 17.4 Å². The molecule has 0 saturated carbocycles. The van der Waals surface area contributed by atoms with E-state index in [0.717, 1.165) is 37.2 Å². The van der Waals surface area contributed by atoms with Crippen molar-refractivity contribution in [3.8, 4) is 0 Å². The van der Waals surface area contributed by atoms with Crippen LogP contribution in [0, 0.1) is 0 Å². The van der Waals surface area contributed by atoms with Gasteiger partial charge in [0.15, 0.2) is 0 Å². The van der Waals surface area contributed by atoms with Gasteiger partial charge in [-0.3, -0.25) is 4.79 Å².